The first-order valence-corrected chi connectivity index (χ1v) is 7.96. The molecule has 2 rings (SSSR count). The summed E-state index contributed by atoms with van der Waals surface area (Å²) in [6, 6.07) is 6.31. The van der Waals surface area contributed by atoms with Crippen LogP contribution >= 0.6 is 0 Å². The second-order valence-corrected chi connectivity index (χ2v) is 6.48. The van der Waals surface area contributed by atoms with E-state index in [4.69, 9.17) is 4.74 Å². The molecule has 1 aromatic rings. The van der Waals surface area contributed by atoms with Crippen LogP contribution in [0.2, 0.25) is 0 Å². The predicted octanol–water partition coefficient (Wildman–Crippen LogP) is 4.44. The molecule has 3 atom stereocenters. The van der Waals surface area contributed by atoms with Gasteiger partial charge in [0.25, 0.3) is 0 Å². The Hall–Kier alpha value is -1.02. The predicted molar refractivity (Wildman–Crippen MR) is 83.3 cm³/mol. The minimum Gasteiger partial charge on any atom is -0.488 e. The van der Waals surface area contributed by atoms with E-state index in [2.05, 4.69) is 39.8 Å². The van der Waals surface area contributed by atoms with Crippen LogP contribution in [-0.4, -0.2) is 17.3 Å². The summed E-state index contributed by atoms with van der Waals surface area (Å²) in [7, 11) is 0. The fourth-order valence-corrected chi connectivity index (χ4v) is 3.24. The highest BCUT2D eigenvalue weighted by Gasteiger charge is 2.29. The molecule has 3 unspecified atom stereocenters. The first kappa shape index (κ1) is 15.4. The third-order valence-electron chi connectivity index (χ3n) is 4.59. The smallest absolute Gasteiger partial charge is 0.125 e. The Morgan fingerprint density at radius 1 is 1.30 bits per heavy atom. The summed E-state index contributed by atoms with van der Waals surface area (Å²) in [5.74, 6) is 2.13. The third-order valence-corrected chi connectivity index (χ3v) is 4.59. The Kier molecular flexibility index (Phi) is 5.09. The van der Waals surface area contributed by atoms with Crippen LogP contribution in [0.1, 0.15) is 63.5 Å². The van der Waals surface area contributed by atoms with Gasteiger partial charge in [0.15, 0.2) is 0 Å². The van der Waals surface area contributed by atoms with E-state index in [1.54, 1.807) is 0 Å². The highest BCUT2D eigenvalue weighted by Crippen LogP contribution is 2.31. The third kappa shape index (κ3) is 3.54. The maximum Gasteiger partial charge on any atom is 0.125 e. The molecule has 0 radical (unpaired) electrons. The fourth-order valence-electron chi connectivity index (χ4n) is 3.24. The van der Waals surface area contributed by atoms with E-state index < -0.39 is 0 Å². The van der Waals surface area contributed by atoms with E-state index in [0.29, 0.717) is 11.8 Å². The number of ether oxygens (including phenoxy) is 1. The molecule has 0 saturated heterocycles. The lowest BCUT2D eigenvalue weighted by Crippen LogP contribution is -2.38. The van der Waals surface area contributed by atoms with Crippen LogP contribution in [0.3, 0.4) is 0 Å². The molecule has 0 spiro atoms. The van der Waals surface area contributed by atoms with Gasteiger partial charge in [0.1, 0.15) is 11.9 Å². The zero-order valence-electron chi connectivity index (χ0n) is 13.2. The molecular formula is C18H28O2. The number of hydrogen-bond donors (Lipinski definition) is 1. The van der Waals surface area contributed by atoms with Crippen molar-refractivity contribution in [1.82, 2.24) is 0 Å². The van der Waals surface area contributed by atoms with Gasteiger partial charge < -0.3 is 9.84 Å². The minimum absolute atomic E-state index is 0.0435. The van der Waals surface area contributed by atoms with E-state index in [1.807, 2.05) is 6.07 Å². The number of aliphatic hydroxyl groups excluding tert-OH is 1. The molecule has 0 amide bonds. The second-order valence-electron chi connectivity index (χ2n) is 6.48. The number of aliphatic hydroxyl groups is 1. The van der Waals surface area contributed by atoms with Gasteiger partial charge in [-0.1, -0.05) is 33.3 Å². The van der Waals surface area contributed by atoms with E-state index in [-0.39, 0.29) is 12.2 Å². The molecule has 1 aliphatic carbocycles. The van der Waals surface area contributed by atoms with Crippen molar-refractivity contribution in [3.63, 3.8) is 0 Å². The first-order chi connectivity index (χ1) is 9.51. The monoisotopic (exact) mass is 276 g/mol. The quantitative estimate of drug-likeness (QED) is 0.881. The summed E-state index contributed by atoms with van der Waals surface area (Å²) in [6.07, 6.45) is 3.79. The topological polar surface area (TPSA) is 29.5 Å². The van der Waals surface area contributed by atoms with Crippen LogP contribution in [0.4, 0.5) is 0 Å². The molecule has 1 saturated carbocycles. The van der Waals surface area contributed by atoms with E-state index in [1.165, 1.54) is 17.5 Å². The van der Waals surface area contributed by atoms with Gasteiger partial charge in [0, 0.05) is 0 Å². The molecule has 0 aromatic heterocycles. The van der Waals surface area contributed by atoms with Crippen molar-refractivity contribution in [2.45, 2.75) is 71.5 Å². The van der Waals surface area contributed by atoms with Crippen LogP contribution in [0, 0.1) is 12.8 Å². The van der Waals surface area contributed by atoms with Crippen molar-refractivity contribution in [2.24, 2.45) is 5.92 Å². The van der Waals surface area contributed by atoms with Crippen molar-refractivity contribution >= 4 is 0 Å². The lowest BCUT2D eigenvalue weighted by Gasteiger charge is -2.33. The Balaban J connectivity index is 2.07. The number of aryl methyl sites for hydroxylation is 1. The Morgan fingerprint density at radius 3 is 2.65 bits per heavy atom. The molecule has 0 bridgehead atoms. The van der Waals surface area contributed by atoms with Crippen molar-refractivity contribution in [1.29, 1.82) is 0 Å². The summed E-state index contributed by atoms with van der Waals surface area (Å²) < 4.78 is 6.07. The molecule has 1 aliphatic rings. The van der Waals surface area contributed by atoms with Gasteiger partial charge in [-0.15, -0.1) is 0 Å². The maximum absolute atomic E-state index is 10.1. The highest BCUT2D eigenvalue weighted by atomic mass is 16.5. The van der Waals surface area contributed by atoms with Gasteiger partial charge in [0.05, 0.1) is 6.10 Å². The fraction of sp³-hybridized carbons (Fsp3) is 0.667. The van der Waals surface area contributed by atoms with Gasteiger partial charge in [-0.05, 0) is 61.3 Å². The standard InChI is InChI=1S/C18H28O2/c1-5-14-6-9-17(19)18(11-14)20-15-7-8-16(12(2)3)13(4)10-15/h7-8,10,12,14,17-19H,5-6,9,11H2,1-4H3. The van der Waals surface area contributed by atoms with Crippen LogP contribution in [-0.2, 0) is 0 Å². The zero-order chi connectivity index (χ0) is 14.7. The maximum atomic E-state index is 10.1. The molecule has 1 aromatic carbocycles. The number of rotatable bonds is 4. The SMILES string of the molecule is CCC1CCC(O)C(Oc2ccc(C(C)C)c(C)c2)C1. The Labute approximate surface area is 123 Å². The van der Waals surface area contributed by atoms with Gasteiger partial charge in [0.2, 0.25) is 0 Å². The average molecular weight is 276 g/mol. The average Bonchev–Trinajstić information content (AvgIpc) is 2.41. The van der Waals surface area contributed by atoms with Gasteiger partial charge in [-0.3, -0.25) is 0 Å². The summed E-state index contributed by atoms with van der Waals surface area (Å²) >= 11 is 0. The van der Waals surface area contributed by atoms with Crippen molar-refractivity contribution < 1.29 is 9.84 Å². The van der Waals surface area contributed by atoms with Crippen LogP contribution in [0.5, 0.6) is 5.75 Å². The van der Waals surface area contributed by atoms with Crippen LogP contribution < -0.4 is 4.74 Å². The van der Waals surface area contributed by atoms with Gasteiger partial charge >= 0.3 is 0 Å². The van der Waals surface area contributed by atoms with Crippen LogP contribution in [0.15, 0.2) is 18.2 Å². The lowest BCUT2D eigenvalue weighted by atomic mass is 9.84. The largest absolute Gasteiger partial charge is 0.488 e. The molecule has 0 aliphatic heterocycles. The number of hydrogen-bond acceptors (Lipinski definition) is 2. The summed E-state index contributed by atoms with van der Waals surface area (Å²) in [6.45, 7) is 8.77. The second kappa shape index (κ2) is 6.62. The van der Waals surface area contributed by atoms with E-state index in [9.17, 15) is 5.11 Å². The molecule has 0 heterocycles. The van der Waals surface area contributed by atoms with Crippen molar-refractivity contribution in [3.05, 3.63) is 29.3 Å². The van der Waals surface area contributed by atoms with E-state index >= 15 is 0 Å². The molecule has 20 heavy (non-hydrogen) atoms. The Bertz CT molecular complexity index is 439. The summed E-state index contributed by atoms with van der Waals surface area (Å²) in [4.78, 5) is 0. The van der Waals surface area contributed by atoms with Crippen molar-refractivity contribution in [2.75, 3.05) is 0 Å². The van der Waals surface area contributed by atoms with Crippen LogP contribution in [0.25, 0.3) is 0 Å². The normalized spacial score (nSPS) is 26.8. The summed E-state index contributed by atoms with van der Waals surface area (Å²) in [5, 5.41) is 10.1. The molecular weight excluding hydrogens is 248 g/mol. The first-order valence-electron chi connectivity index (χ1n) is 7.96. The van der Waals surface area contributed by atoms with Gasteiger partial charge in [-0.2, -0.15) is 0 Å². The highest BCUT2D eigenvalue weighted by molar-refractivity contribution is 5.36. The molecule has 2 heteroatoms. The Morgan fingerprint density at radius 2 is 2.05 bits per heavy atom. The minimum atomic E-state index is -0.317. The van der Waals surface area contributed by atoms with Crippen molar-refractivity contribution in [3.8, 4) is 5.75 Å². The zero-order valence-corrected chi connectivity index (χ0v) is 13.2. The van der Waals surface area contributed by atoms with Gasteiger partial charge in [-0.25, -0.2) is 0 Å². The molecule has 1 N–H and O–H groups in total. The molecule has 2 nitrogen and oxygen atoms in total. The molecule has 1 fully saturated rings. The van der Waals surface area contributed by atoms with E-state index in [0.717, 1.165) is 25.0 Å². The summed E-state index contributed by atoms with van der Waals surface area (Å²) in [5.41, 5.74) is 2.64. The number of benzene rings is 1. The lowest BCUT2D eigenvalue weighted by molar-refractivity contribution is -0.0109. The molecule has 112 valence electrons.